The van der Waals surface area contributed by atoms with E-state index in [0.29, 0.717) is 24.2 Å². The third kappa shape index (κ3) is 2.27. The lowest BCUT2D eigenvalue weighted by Gasteiger charge is -2.47. The standard InChI is InChI=1S/C12H24N2O/c1-8(2)13-10(5)7-11(6)14(9(3)4)12(13)15/h8-11H,7H2,1-6H3. The molecule has 0 aromatic heterocycles. The van der Waals surface area contributed by atoms with Crippen molar-refractivity contribution < 1.29 is 4.79 Å². The molecule has 2 amide bonds. The molecule has 2 atom stereocenters. The second-order valence-corrected chi connectivity index (χ2v) is 5.22. The lowest BCUT2D eigenvalue weighted by molar-refractivity contribution is 0.0493. The summed E-state index contributed by atoms with van der Waals surface area (Å²) in [7, 11) is 0. The first-order valence-electron chi connectivity index (χ1n) is 5.96. The van der Waals surface area contributed by atoms with E-state index >= 15 is 0 Å². The molecule has 1 fully saturated rings. The summed E-state index contributed by atoms with van der Waals surface area (Å²) in [4.78, 5) is 16.3. The van der Waals surface area contributed by atoms with Crippen molar-refractivity contribution in [1.82, 2.24) is 9.80 Å². The molecule has 3 heteroatoms. The topological polar surface area (TPSA) is 23.6 Å². The minimum absolute atomic E-state index is 0.200. The summed E-state index contributed by atoms with van der Waals surface area (Å²) in [6.45, 7) is 12.6. The van der Waals surface area contributed by atoms with Crippen LogP contribution in [0, 0.1) is 0 Å². The first-order valence-corrected chi connectivity index (χ1v) is 5.96. The molecule has 15 heavy (non-hydrogen) atoms. The predicted octanol–water partition coefficient (Wildman–Crippen LogP) is 2.71. The summed E-state index contributed by atoms with van der Waals surface area (Å²) in [6.07, 6.45) is 1.07. The third-order valence-corrected chi connectivity index (χ3v) is 3.19. The number of hydrogen-bond donors (Lipinski definition) is 0. The van der Waals surface area contributed by atoms with Crippen molar-refractivity contribution in [3.05, 3.63) is 0 Å². The highest BCUT2D eigenvalue weighted by atomic mass is 16.2. The summed E-state index contributed by atoms with van der Waals surface area (Å²) < 4.78 is 0. The van der Waals surface area contributed by atoms with Gasteiger partial charge in [-0.25, -0.2) is 4.79 Å². The molecule has 1 aliphatic rings. The van der Waals surface area contributed by atoms with Gasteiger partial charge in [0.05, 0.1) is 0 Å². The Bertz CT molecular complexity index is 216. The van der Waals surface area contributed by atoms with Crippen LogP contribution in [-0.4, -0.2) is 40.0 Å². The number of urea groups is 1. The van der Waals surface area contributed by atoms with Crippen LogP contribution in [0.15, 0.2) is 0 Å². The van der Waals surface area contributed by atoms with E-state index in [4.69, 9.17) is 0 Å². The Hall–Kier alpha value is -0.730. The van der Waals surface area contributed by atoms with Crippen molar-refractivity contribution in [2.24, 2.45) is 0 Å². The normalized spacial score (nSPS) is 28.1. The highest BCUT2D eigenvalue weighted by molar-refractivity contribution is 5.76. The summed E-state index contributed by atoms with van der Waals surface area (Å²) in [5.74, 6) is 0. The fraction of sp³-hybridized carbons (Fsp3) is 0.917. The molecule has 0 radical (unpaired) electrons. The van der Waals surface area contributed by atoms with Crippen LogP contribution in [0.2, 0.25) is 0 Å². The zero-order valence-corrected chi connectivity index (χ0v) is 10.8. The molecule has 1 aliphatic heterocycles. The van der Waals surface area contributed by atoms with Gasteiger partial charge < -0.3 is 9.80 Å². The minimum atomic E-state index is 0.200. The molecule has 1 heterocycles. The van der Waals surface area contributed by atoms with Crippen LogP contribution in [-0.2, 0) is 0 Å². The Kier molecular flexibility index (Phi) is 3.63. The van der Waals surface area contributed by atoms with Gasteiger partial charge in [-0.1, -0.05) is 0 Å². The summed E-state index contributed by atoms with van der Waals surface area (Å²) in [5, 5.41) is 0. The van der Waals surface area contributed by atoms with Crippen LogP contribution in [0.3, 0.4) is 0 Å². The monoisotopic (exact) mass is 212 g/mol. The Morgan fingerprint density at radius 1 is 1.00 bits per heavy atom. The van der Waals surface area contributed by atoms with Gasteiger partial charge in [0.25, 0.3) is 0 Å². The summed E-state index contributed by atoms with van der Waals surface area (Å²) in [5.41, 5.74) is 0. The quantitative estimate of drug-likeness (QED) is 0.690. The molecule has 0 aromatic rings. The van der Waals surface area contributed by atoms with Gasteiger partial charge in [0.15, 0.2) is 0 Å². The first-order chi connectivity index (χ1) is 6.86. The molecular formula is C12H24N2O. The lowest BCUT2D eigenvalue weighted by atomic mass is 10.0. The van der Waals surface area contributed by atoms with Gasteiger partial charge in [0, 0.05) is 24.2 Å². The van der Waals surface area contributed by atoms with Gasteiger partial charge in [-0.3, -0.25) is 0 Å². The molecule has 3 nitrogen and oxygen atoms in total. The van der Waals surface area contributed by atoms with Crippen molar-refractivity contribution in [2.45, 2.75) is 72.1 Å². The molecule has 0 bridgehead atoms. The van der Waals surface area contributed by atoms with Crippen molar-refractivity contribution in [1.29, 1.82) is 0 Å². The van der Waals surface area contributed by atoms with Crippen molar-refractivity contribution in [3.8, 4) is 0 Å². The van der Waals surface area contributed by atoms with Crippen molar-refractivity contribution in [3.63, 3.8) is 0 Å². The number of nitrogens with zero attached hydrogens (tertiary/aromatic N) is 2. The summed E-state index contributed by atoms with van der Waals surface area (Å²) >= 11 is 0. The van der Waals surface area contributed by atoms with Crippen LogP contribution < -0.4 is 0 Å². The van der Waals surface area contributed by atoms with Crippen LogP contribution in [0.25, 0.3) is 0 Å². The molecular weight excluding hydrogens is 188 g/mol. The van der Waals surface area contributed by atoms with Crippen LogP contribution in [0.1, 0.15) is 48.0 Å². The predicted molar refractivity (Wildman–Crippen MR) is 62.9 cm³/mol. The minimum Gasteiger partial charge on any atom is -0.319 e. The van der Waals surface area contributed by atoms with E-state index in [1.807, 2.05) is 9.80 Å². The Morgan fingerprint density at radius 2 is 1.33 bits per heavy atom. The van der Waals surface area contributed by atoms with Crippen LogP contribution >= 0.6 is 0 Å². The number of carbonyl (C=O) groups excluding carboxylic acids is 1. The zero-order chi connectivity index (χ0) is 11.7. The van der Waals surface area contributed by atoms with Gasteiger partial charge in [0.1, 0.15) is 0 Å². The maximum Gasteiger partial charge on any atom is 0.320 e. The van der Waals surface area contributed by atoms with Gasteiger partial charge in [-0.2, -0.15) is 0 Å². The zero-order valence-electron chi connectivity index (χ0n) is 10.8. The molecule has 2 unspecified atom stereocenters. The maximum absolute atomic E-state index is 12.3. The molecule has 0 aromatic carbocycles. The Morgan fingerprint density at radius 3 is 1.60 bits per heavy atom. The maximum atomic E-state index is 12.3. The highest BCUT2D eigenvalue weighted by Crippen LogP contribution is 2.25. The Labute approximate surface area is 93.4 Å². The van der Waals surface area contributed by atoms with Gasteiger partial charge >= 0.3 is 6.03 Å². The van der Waals surface area contributed by atoms with Gasteiger partial charge in [-0.05, 0) is 48.0 Å². The molecule has 1 rings (SSSR count). The fourth-order valence-electron chi connectivity index (χ4n) is 2.69. The van der Waals surface area contributed by atoms with E-state index in [1.54, 1.807) is 0 Å². The average Bonchev–Trinajstić information content (AvgIpc) is 1.99. The average molecular weight is 212 g/mol. The summed E-state index contributed by atoms with van der Waals surface area (Å²) in [6, 6.07) is 1.51. The molecule has 0 aliphatic carbocycles. The van der Waals surface area contributed by atoms with E-state index in [-0.39, 0.29) is 6.03 Å². The lowest BCUT2D eigenvalue weighted by Crippen LogP contribution is -2.60. The largest absolute Gasteiger partial charge is 0.320 e. The van der Waals surface area contributed by atoms with Crippen molar-refractivity contribution >= 4 is 6.03 Å². The van der Waals surface area contributed by atoms with E-state index in [2.05, 4.69) is 41.5 Å². The third-order valence-electron chi connectivity index (χ3n) is 3.19. The molecule has 0 spiro atoms. The Balaban J connectivity index is 2.89. The highest BCUT2D eigenvalue weighted by Gasteiger charge is 2.37. The van der Waals surface area contributed by atoms with E-state index in [9.17, 15) is 4.79 Å². The number of carbonyl (C=O) groups is 1. The second kappa shape index (κ2) is 4.42. The molecule has 0 saturated carbocycles. The number of hydrogen-bond acceptors (Lipinski definition) is 1. The van der Waals surface area contributed by atoms with E-state index in [1.165, 1.54) is 0 Å². The van der Waals surface area contributed by atoms with Crippen molar-refractivity contribution in [2.75, 3.05) is 0 Å². The van der Waals surface area contributed by atoms with Gasteiger partial charge in [-0.15, -0.1) is 0 Å². The molecule has 1 saturated heterocycles. The van der Waals surface area contributed by atoms with E-state index in [0.717, 1.165) is 6.42 Å². The number of rotatable bonds is 2. The van der Waals surface area contributed by atoms with Crippen LogP contribution in [0.4, 0.5) is 4.79 Å². The van der Waals surface area contributed by atoms with Crippen LogP contribution in [0.5, 0.6) is 0 Å². The first kappa shape index (κ1) is 12.3. The second-order valence-electron chi connectivity index (χ2n) is 5.22. The SMILES string of the molecule is CC(C)N1C(=O)N(C(C)C)C(C)CC1C. The van der Waals surface area contributed by atoms with E-state index < -0.39 is 0 Å². The molecule has 88 valence electrons. The molecule has 0 N–H and O–H groups in total. The fourth-order valence-corrected chi connectivity index (χ4v) is 2.69. The number of amides is 2. The van der Waals surface area contributed by atoms with Gasteiger partial charge in [0.2, 0.25) is 0 Å². The smallest absolute Gasteiger partial charge is 0.319 e.